The van der Waals surface area contributed by atoms with Gasteiger partial charge in [-0.25, -0.2) is 4.79 Å². The summed E-state index contributed by atoms with van der Waals surface area (Å²) in [7, 11) is 0. The zero-order valence-corrected chi connectivity index (χ0v) is 10.7. The molecule has 2 unspecified atom stereocenters. The lowest BCUT2D eigenvalue weighted by molar-refractivity contribution is -0.179. The number of hydrogen-bond donors (Lipinski definition) is 1. The molecule has 5 nitrogen and oxygen atoms in total. The first-order chi connectivity index (χ1) is 8.60. The van der Waals surface area contributed by atoms with Gasteiger partial charge >= 0.3 is 11.9 Å². The summed E-state index contributed by atoms with van der Waals surface area (Å²) in [5.74, 6) is -1.71. The number of esters is 1. The number of aliphatic carboxylic acids is 1. The highest BCUT2D eigenvalue weighted by molar-refractivity contribution is 5.87. The minimum atomic E-state index is -1.30. The molecular formula is C13H20O5. The molecule has 18 heavy (non-hydrogen) atoms. The highest BCUT2D eigenvalue weighted by Crippen LogP contribution is 2.43. The van der Waals surface area contributed by atoms with E-state index in [1.807, 2.05) is 6.92 Å². The van der Waals surface area contributed by atoms with E-state index < -0.39 is 11.6 Å². The van der Waals surface area contributed by atoms with Crippen LogP contribution in [0, 0.1) is 11.8 Å². The predicted octanol–water partition coefficient (Wildman–Crippen LogP) is 1.60. The molecule has 0 radical (unpaired) electrons. The highest BCUT2D eigenvalue weighted by Gasteiger charge is 2.56. The largest absolute Gasteiger partial charge is 0.478 e. The SMILES string of the molecule is CCCC1CC(C(=O)O)(C2CCOCC2)OC1=O. The van der Waals surface area contributed by atoms with Gasteiger partial charge in [-0.2, -0.15) is 0 Å². The van der Waals surface area contributed by atoms with E-state index >= 15 is 0 Å². The zero-order chi connectivity index (χ0) is 13.2. The van der Waals surface area contributed by atoms with Gasteiger partial charge in [0, 0.05) is 25.6 Å². The molecule has 0 bridgehead atoms. The van der Waals surface area contributed by atoms with Crippen molar-refractivity contribution in [2.75, 3.05) is 13.2 Å². The monoisotopic (exact) mass is 256 g/mol. The summed E-state index contributed by atoms with van der Waals surface area (Å²) in [5, 5.41) is 9.50. The number of rotatable bonds is 4. The Bertz CT molecular complexity index is 334. The molecule has 2 aliphatic rings. The molecule has 5 heteroatoms. The van der Waals surface area contributed by atoms with Crippen molar-refractivity contribution in [1.82, 2.24) is 0 Å². The number of carbonyl (C=O) groups excluding carboxylic acids is 1. The number of carbonyl (C=O) groups is 2. The van der Waals surface area contributed by atoms with Crippen LogP contribution >= 0.6 is 0 Å². The minimum absolute atomic E-state index is 0.116. The zero-order valence-electron chi connectivity index (χ0n) is 10.7. The van der Waals surface area contributed by atoms with Crippen LogP contribution in [0.3, 0.4) is 0 Å². The second-order valence-electron chi connectivity index (χ2n) is 5.19. The van der Waals surface area contributed by atoms with Gasteiger partial charge < -0.3 is 14.6 Å². The minimum Gasteiger partial charge on any atom is -0.478 e. The van der Waals surface area contributed by atoms with E-state index in [9.17, 15) is 14.7 Å². The molecular weight excluding hydrogens is 236 g/mol. The molecule has 2 rings (SSSR count). The average Bonchev–Trinajstić information content (AvgIpc) is 2.70. The van der Waals surface area contributed by atoms with Crippen LogP contribution in [0.1, 0.15) is 39.0 Å². The normalized spacial score (nSPS) is 33.4. The maximum Gasteiger partial charge on any atom is 0.348 e. The summed E-state index contributed by atoms with van der Waals surface area (Å²) in [6.07, 6.45) is 3.19. The second-order valence-corrected chi connectivity index (χ2v) is 5.19. The number of carboxylic acids is 1. The molecule has 102 valence electrons. The Balaban J connectivity index is 2.18. The maximum atomic E-state index is 11.8. The summed E-state index contributed by atoms with van der Waals surface area (Å²) in [6.45, 7) is 3.09. The summed E-state index contributed by atoms with van der Waals surface area (Å²) in [5.41, 5.74) is -1.30. The fraction of sp³-hybridized carbons (Fsp3) is 0.846. The molecule has 0 spiro atoms. The molecule has 0 aromatic heterocycles. The van der Waals surface area contributed by atoms with Crippen molar-refractivity contribution in [3.63, 3.8) is 0 Å². The van der Waals surface area contributed by atoms with Gasteiger partial charge in [0.25, 0.3) is 0 Å². The topological polar surface area (TPSA) is 72.8 Å². The van der Waals surface area contributed by atoms with Crippen molar-refractivity contribution in [2.45, 2.75) is 44.6 Å². The van der Waals surface area contributed by atoms with Crippen molar-refractivity contribution < 1.29 is 24.2 Å². The van der Waals surface area contributed by atoms with Crippen molar-refractivity contribution in [2.24, 2.45) is 11.8 Å². The van der Waals surface area contributed by atoms with Crippen LogP contribution < -0.4 is 0 Å². The Hall–Kier alpha value is -1.10. The quantitative estimate of drug-likeness (QED) is 0.773. The van der Waals surface area contributed by atoms with Crippen molar-refractivity contribution >= 4 is 11.9 Å². The fourth-order valence-electron chi connectivity index (χ4n) is 3.04. The smallest absolute Gasteiger partial charge is 0.348 e. The van der Waals surface area contributed by atoms with Crippen LogP contribution in [0.2, 0.25) is 0 Å². The van der Waals surface area contributed by atoms with E-state index in [0.717, 1.165) is 6.42 Å². The Morgan fingerprint density at radius 1 is 1.44 bits per heavy atom. The summed E-state index contributed by atoms with van der Waals surface area (Å²) in [4.78, 5) is 23.4. The van der Waals surface area contributed by atoms with Gasteiger partial charge in [-0.15, -0.1) is 0 Å². The van der Waals surface area contributed by atoms with Crippen LogP contribution in [0.4, 0.5) is 0 Å². The Kier molecular flexibility index (Phi) is 3.90. The lowest BCUT2D eigenvalue weighted by Gasteiger charge is -2.34. The van der Waals surface area contributed by atoms with Crippen molar-refractivity contribution in [3.05, 3.63) is 0 Å². The summed E-state index contributed by atoms with van der Waals surface area (Å²) in [6, 6.07) is 0. The molecule has 0 amide bonds. The van der Waals surface area contributed by atoms with Gasteiger partial charge in [0.1, 0.15) is 0 Å². The Morgan fingerprint density at radius 2 is 2.11 bits per heavy atom. The molecule has 0 aromatic carbocycles. The van der Waals surface area contributed by atoms with Gasteiger partial charge in [0.05, 0.1) is 5.92 Å². The number of hydrogen-bond acceptors (Lipinski definition) is 4. The third-order valence-electron chi connectivity index (χ3n) is 4.05. The molecule has 2 atom stereocenters. The van der Waals surface area contributed by atoms with E-state index in [4.69, 9.17) is 9.47 Å². The molecule has 2 saturated heterocycles. The fourth-order valence-corrected chi connectivity index (χ4v) is 3.04. The molecule has 0 saturated carbocycles. The maximum absolute atomic E-state index is 11.8. The number of carboxylic acid groups (broad SMARTS) is 1. The van der Waals surface area contributed by atoms with E-state index in [-0.39, 0.29) is 17.8 Å². The Morgan fingerprint density at radius 3 is 2.67 bits per heavy atom. The van der Waals surface area contributed by atoms with Crippen LogP contribution in [0.25, 0.3) is 0 Å². The average molecular weight is 256 g/mol. The molecule has 2 heterocycles. The molecule has 1 N–H and O–H groups in total. The number of cyclic esters (lactones) is 1. The summed E-state index contributed by atoms with van der Waals surface area (Å²) < 4.78 is 10.6. The van der Waals surface area contributed by atoms with Crippen LogP contribution in [0.5, 0.6) is 0 Å². The van der Waals surface area contributed by atoms with Crippen molar-refractivity contribution in [1.29, 1.82) is 0 Å². The van der Waals surface area contributed by atoms with Gasteiger partial charge in [-0.1, -0.05) is 13.3 Å². The van der Waals surface area contributed by atoms with E-state index in [2.05, 4.69) is 0 Å². The van der Waals surface area contributed by atoms with Gasteiger partial charge in [-0.05, 0) is 19.3 Å². The van der Waals surface area contributed by atoms with Crippen LogP contribution in [-0.2, 0) is 19.1 Å². The van der Waals surface area contributed by atoms with Gasteiger partial charge in [0.2, 0.25) is 5.60 Å². The standard InChI is InChI=1S/C13H20O5/c1-2-3-9-8-13(12(15)16,18-11(9)14)10-4-6-17-7-5-10/h9-10H,2-8H2,1H3,(H,15,16). The van der Waals surface area contributed by atoms with Crippen LogP contribution in [-0.4, -0.2) is 35.9 Å². The van der Waals surface area contributed by atoms with Gasteiger partial charge in [-0.3, -0.25) is 4.79 Å². The number of ether oxygens (including phenoxy) is 2. The van der Waals surface area contributed by atoms with Gasteiger partial charge in [0.15, 0.2) is 0 Å². The third kappa shape index (κ3) is 2.23. The highest BCUT2D eigenvalue weighted by atomic mass is 16.6. The first-order valence-electron chi connectivity index (χ1n) is 6.64. The second kappa shape index (κ2) is 5.26. The van der Waals surface area contributed by atoms with E-state index in [1.54, 1.807) is 0 Å². The lowest BCUT2D eigenvalue weighted by Crippen LogP contribution is -2.47. The first-order valence-corrected chi connectivity index (χ1v) is 6.64. The lowest BCUT2D eigenvalue weighted by atomic mass is 9.77. The first kappa shape index (κ1) is 13.3. The summed E-state index contributed by atoms with van der Waals surface area (Å²) >= 11 is 0. The molecule has 2 fully saturated rings. The predicted molar refractivity (Wildman–Crippen MR) is 63.0 cm³/mol. The van der Waals surface area contributed by atoms with Crippen LogP contribution in [0.15, 0.2) is 0 Å². The molecule has 0 aromatic rings. The molecule has 0 aliphatic carbocycles. The van der Waals surface area contributed by atoms with E-state index in [0.29, 0.717) is 38.9 Å². The van der Waals surface area contributed by atoms with E-state index in [1.165, 1.54) is 0 Å². The Labute approximate surface area is 106 Å². The molecule has 2 aliphatic heterocycles. The third-order valence-corrected chi connectivity index (χ3v) is 4.05. The van der Waals surface area contributed by atoms with Crippen molar-refractivity contribution in [3.8, 4) is 0 Å².